The second-order valence-electron chi connectivity index (χ2n) is 11.1. The van der Waals surface area contributed by atoms with Gasteiger partial charge in [0.1, 0.15) is 17.3 Å². The minimum absolute atomic E-state index is 0.0156. The highest BCUT2D eigenvalue weighted by Crippen LogP contribution is 2.46. The van der Waals surface area contributed by atoms with Crippen molar-refractivity contribution < 1.29 is 28.3 Å². The van der Waals surface area contributed by atoms with Gasteiger partial charge in [-0.1, -0.05) is 26.0 Å². The Kier molecular flexibility index (Phi) is 7.50. The van der Waals surface area contributed by atoms with Gasteiger partial charge in [0.25, 0.3) is 11.5 Å². The van der Waals surface area contributed by atoms with Crippen molar-refractivity contribution in [2.24, 2.45) is 5.92 Å². The van der Waals surface area contributed by atoms with Gasteiger partial charge in [-0.2, -0.15) is 0 Å². The first kappa shape index (κ1) is 28.2. The molecule has 0 spiro atoms. The first-order valence-electron chi connectivity index (χ1n) is 12.9. The number of benzene rings is 1. The molecule has 210 valence electrons. The topological polar surface area (TPSA) is 134 Å². The highest BCUT2D eigenvalue weighted by atomic mass is 19.1. The first-order chi connectivity index (χ1) is 18.2. The van der Waals surface area contributed by atoms with Gasteiger partial charge < -0.3 is 20.6 Å². The van der Waals surface area contributed by atoms with Crippen molar-refractivity contribution in [2.45, 2.75) is 70.8 Å². The van der Waals surface area contributed by atoms with Gasteiger partial charge in [0.2, 0.25) is 5.75 Å². The van der Waals surface area contributed by atoms with Crippen molar-refractivity contribution in [1.82, 2.24) is 25.1 Å². The molecule has 3 heterocycles. The number of fused-ring (bicyclic) bond motifs is 2. The summed E-state index contributed by atoms with van der Waals surface area (Å²) in [4.78, 5) is 57.6. The van der Waals surface area contributed by atoms with Crippen LogP contribution in [-0.2, 0) is 28.2 Å². The van der Waals surface area contributed by atoms with Gasteiger partial charge in [-0.25, -0.2) is 13.8 Å². The van der Waals surface area contributed by atoms with Crippen molar-refractivity contribution in [3.05, 3.63) is 57.0 Å². The highest BCUT2D eigenvalue weighted by Gasteiger charge is 2.52. The standard InChI is InChI=1S/C27H33F2N5O5/c1-15(2)13-33(4)24(39)22(37)32-27-9-7-26(29,8-10-27)14-34-23(38)20(35)19(31-25(27)34)21(36)30-12-17-5-6-18(28)16(3)11-17/h5-6,11,15,35H,7-10,12-14H2,1-4H3,(H,30,36)(H,32,37). The van der Waals surface area contributed by atoms with Crippen LogP contribution in [0, 0.1) is 18.7 Å². The summed E-state index contributed by atoms with van der Waals surface area (Å²) in [6.07, 6.45) is 0.0592. The number of nitrogens with one attached hydrogen (secondary N) is 2. The SMILES string of the molecule is Cc1cc(CNC(=O)c2nc3n(c(=O)c2O)CC2(F)CCC3(NC(=O)C(=O)N(C)CC(C)C)CC2)ccc1F. The summed E-state index contributed by atoms with van der Waals surface area (Å²) in [5.41, 5.74) is -3.81. The summed E-state index contributed by atoms with van der Waals surface area (Å²) in [6.45, 7) is 5.27. The molecule has 1 fully saturated rings. The predicted molar refractivity (Wildman–Crippen MR) is 137 cm³/mol. The van der Waals surface area contributed by atoms with Gasteiger partial charge in [0.15, 0.2) is 5.69 Å². The van der Waals surface area contributed by atoms with Crippen LogP contribution in [0.5, 0.6) is 5.75 Å². The fourth-order valence-corrected chi connectivity index (χ4v) is 5.34. The van der Waals surface area contributed by atoms with Crippen LogP contribution in [0.3, 0.4) is 0 Å². The van der Waals surface area contributed by atoms with Crippen molar-refractivity contribution in [3.63, 3.8) is 0 Å². The number of alkyl halides is 1. The van der Waals surface area contributed by atoms with E-state index in [2.05, 4.69) is 15.6 Å². The van der Waals surface area contributed by atoms with Gasteiger partial charge >= 0.3 is 11.8 Å². The molecular formula is C27H33F2N5O5. The van der Waals surface area contributed by atoms with Gasteiger partial charge in [0, 0.05) is 20.1 Å². The molecule has 1 aliphatic carbocycles. The Morgan fingerprint density at radius 2 is 1.87 bits per heavy atom. The molecule has 2 aliphatic heterocycles. The lowest BCUT2D eigenvalue weighted by molar-refractivity contribution is -0.146. The van der Waals surface area contributed by atoms with Crippen molar-refractivity contribution >= 4 is 17.7 Å². The van der Waals surface area contributed by atoms with Crippen LogP contribution in [-0.4, -0.2) is 56.5 Å². The normalized spacial score (nSPS) is 21.7. The zero-order valence-corrected chi connectivity index (χ0v) is 22.4. The van der Waals surface area contributed by atoms with E-state index in [1.54, 1.807) is 13.0 Å². The molecule has 3 aliphatic rings. The zero-order valence-electron chi connectivity index (χ0n) is 22.4. The van der Waals surface area contributed by atoms with Crippen LogP contribution in [0.1, 0.15) is 67.0 Å². The second kappa shape index (κ2) is 10.4. The Bertz CT molecular complexity index is 1380. The largest absolute Gasteiger partial charge is 0.501 e. The molecule has 12 heteroatoms. The quantitative estimate of drug-likeness (QED) is 0.476. The maximum absolute atomic E-state index is 15.6. The van der Waals surface area contributed by atoms with Crippen LogP contribution in [0.15, 0.2) is 23.0 Å². The third kappa shape index (κ3) is 5.50. The number of aryl methyl sites for hydroxylation is 1. The molecule has 0 atom stereocenters. The van der Waals surface area contributed by atoms with E-state index >= 15 is 4.39 Å². The number of aromatic nitrogens is 2. The maximum atomic E-state index is 15.6. The number of halogens is 2. The smallest absolute Gasteiger partial charge is 0.311 e. The van der Waals surface area contributed by atoms with E-state index in [1.165, 1.54) is 24.1 Å². The van der Waals surface area contributed by atoms with E-state index in [0.29, 0.717) is 17.7 Å². The lowest BCUT2D eigenvalue weighted by atomic mass is 9.76. The first-order valence-corrected chi connectivity index (χ1v) is 12.9. The molecule has 0 radical (unpaired) electrons. The van der Waals surface area contributed by atoms with Crippen molar-refractivity contribution in [3.8, 4) is 5.75 Å². The minimum atomic E-state index is -1.78. The number of likely N-dealkylation sites (N-methyl/N-ethyl adjacent to an activating group) is 1. The molecule has 10 nitrogen and oxygen atoms in total. The predicted octanol–water partition coefficient (Wildman–Crippen LogP) is 2.05. The fraction of sp³-hybridized carbons (Fsp3) is 0.519. The summed E-state index contributed by atoms with van der Waals surface area (Å²) < 4.78 is 30.1. The third-order valence-corrected chi connectivity index (χ3v) is 7.44. The Hall–Kier alpha value is -3.83. The van der Waals surface area contributed by atoms with Gasteiger partial charge in [-0.05, 0) is 55.7 Å². The van der Waals surface area contributed by atoms with E-state index < -0.39 is 58.3 Å². The fourth-order valence-electron chi connectivity index (χ4n) is 5.34. The maximum Gasteiger partial charge on any atom is 0.311 e. The number of hydrogen-bond donors (Lipinski definition) is 3. The molecule has 5 rings (SSSR count). The second-order valence-corrected chi connectivity index (χ2v) is 11.1. The van der Waals surface area contributed by atoms with Crippen LogP contribution >= 0.6 is 0 Å². The Morgan fingerprint density at radius 1 is 1.21 bits per heavy atom. The van der Waals surface area contributed by atoms with Crippen LogP contribution < -0.4 is 16.2 Å². The molecule has 2 aromatic rings. The number of aromatic hydroxyl groups is 1. The summed E-state index contributed by atoms with van der Waals surface area (Å²) in [5.74, 6) is -3.92. The van der Waals surface area contributed by atoms with Crippen molar-refractivity contribution in [1.29, 1.82) is 0 Å². The molecule has 0 saturated heterocycles. The lowest BCUT2D eigenvalue weighted by Crippen LogP contribution is -2.54. The highest BCUT2D eigenvalue weighted by molar-refractivity contribution is 6.35. The molecule has 0 unspecified atom stereocenters. The van der Waals surface area contributed by atoms with E-state index in [9.17, 15) is 28.7 Å². The molecule has 3 N–H and O–H groups in total. The lowest BCUT2D eigenvalue weighted by Gasteiger charge is -2.38. The van der Waals surface area contributed by atoms with E-state index in [0.717, 1.165) is 4.57 Å². The average Bonchev–Trinajstić information content (AvgIpc) is 3.07. The Labute approximate surface area is 224 Å². The summed E-state index contributed by atoms with van der Waals surface area (Å²) in [7, 11) is 1.50. The molecule has 1 aromatic carbocycles. The molecule has 39 heavy (non-hydrogen) atoms. The molecular weight excluding hydrogens is 512 g/mol. The zero-order chi connectivity index (χ0) is 28.7. The van der Waals surface area contributed by atoms with Crippen LogP contribution in [0.25, 0.3) is 0 Å². The third-order valence-electron chi connectivity index (χ3n) is 7.44. The van der Waals surface area contributed by atoms with E-state index in [1.807, 2.05) is 13.8 Å². The number of hydrogen-bond acceptors (Lipinski definition) is 6. The number of carbonyl (C=O) groups is 3. The van der Waals surface area contributed by atoms with Crippen LogP contribution in [0.2, 0.25) is 0 Å². The summed E-state index contributed by atoms with van der Waals surface area (Å²) >= 11 is 0. The molecule has 1 saturated carbocycles. The van der Waals surface area contributed by atoms with Gasteiger partial charge in [-0.3, -0.25) is 23.7 Å². The monoisotopic (exact) mass is 545 g/mol. The molecule has 2 bridgehead atoms. The van der Waals surface area contributed by atoms with Gasteiger partial charge in [-0.15, -0.1) is 0 Å². The molecule has 1 aromatic heterocycles. The van der Waals surface area contributed by atoms with E-state index in [-0.39, 0.29) is 44.0 Å². The number of amides is 3. The van der Waals surface area contributed by atoms with Crippen LogP contribution in [0.4, 0.5) is 8.78 Å². The summed E-state index contributed by atoms with van der Waals surface area (Å²) in [5, 5.41) is 15.9. The average molecular weight is 546 g/mol. The molecule has 3 amide bonds. The number of carbonyl (C=O) groups excluding carboxylic acids is 3. The number of rotatable bonds is 6. The minimum Gasteiger partial charge on any atom is -0.501 e. The van der Waals surface area contributed by atoms with Gasteiger partial charge in [0.05, 0.1) is 12.1 Å². The Morgan fingerprint density at radius 3 is 2.49 bits per heavy atom. The van der Waals surface area contributed by atoms with Crippen molar-refractivity contribution in [2.75, 3.05) is 13.6 Å². The number of nitrogens with zero attached hydrogens (tertiary/aromatic N) is 3. The Balaban J connectivity index is 1.69. The van der Waals surface area contributed by atoms with E-state index in [4.69, 9.17) is 0 Å². The summed E-state index contributed by atoms with van der Waals surface area (Å²) in [6, 6.07) is 4.29.